The number of rotatable bonds is 4. The van der Waals surface area contributed by atoms with Crippen LogP contribution in [0.5, 0.6) is 5.75 Å². The van der Waals surface area contributed by atoms with Gasteiger partial charge in [-0.2, -0.15) is 0 Å². The van der Waals surface area contributed by atoms with Crippen molar-refractivity contribution in [2.24, 2.45) is 5.41 Å². The molecule has 0 heterocycles. The van der Waals surface area contributed by atoms with E-state index in [0.29, 0.717) is 5.41 Å². The van der Waals surface area contributed by atoms with Crippen LogP contribution in [0.3, 0.4) is 0 Å². The Bertz CT molecular complexity index is 410. The van der Waals surface area contributed by atoms with Gasteiger partial charge >= 0.3 is 0 Å². The highest BCUT2D eigenvalue weighted by molar-refractivity contribution is 5.54. The monoisotopic (exact) mass is 263 g/mol. The molecule has 1 aromatic carbocycles. The number of nitrogens with two attached hydrogens (primary N) is 1. The van der Waals surface area contributed by atoms with E-state index >= 15 is 0 Å². The highest BCUT2D eigenvalue weighted by Crippen LogP contribution is 2.30. The van der Waals surface area contributed by atoms with Gasteiger partial charge in [0.1, 0.15) is 5.75 Å². The molecule has 2 N–H and O–H groups in total. The molecule has 0 saturated carbocycles. The zero-order valence-corrected chi connectivity index (χ0v) is 13.3. The summed E-state index contributed by atoms with van der Waals surface area (Å²) in [5.74, 6) is 0.821. The zero-order valence-electron chi connectivity index (χ0n) is 13.3. The van der Waals surface area contributed by atoms with Gasteiger partial charge in [0.25, 0.3) is 0 Å². The van der Waals surface area contributed by atoms with Crippen LogP contribution in [0, 0.1) is 5.41 Å². The second-order valence-electron chi connectivity index (χ2n) is 7.52. The van der Waals surface area contributed by atoms with Crippen molar-refractivity contribution in [3.05, 3.63) is 23.8 Å². The normalized spacial score (nSPS) is 12.5. The third-order valence-electron chi connectivity index (χ3n) is 3.21. The Labute approximate surface area is 118 Å². The van der Waals surface area contributed by atoms with Crippen LogP contribution >= 0.6 is 0 Å². The first kappa shape index (κ1) is 15.9. The van der Waals surface area contributed by atoms with E-state index in [2.05, 4.69) is 53.7 Å². The molecular weight excluding hydrogens is 234 g/mol. The predicted molar refractivity (Wildman–Crippen MR) is 83.7 cm³/mol. The van der Waals surface area contributed by atoms with Gasteiger partial charge in [0.2, 0.25) is 0 Å². The predicted octanol–water partition coefficient (Wildman–Crippen LogP) is 4.77. The van der Waals surface area contributed by atoms with Crippen molar-refractivity contribution < 1.29 is 4.74 Å². The lowest BCUT2D eigenvalue weighted by atomic mass is 9.87. The van der Waals surface area contributed by atoms with Gasteiger partial charge in [-0.1, -0.05) is 47.6 Å². The molecule has 2 nitrogen and oxygen atoms in total. The lowest BCUT2D eigenvalue weighted by molar-refractivity contribution is 0.270. The number of hydrogen-bond donors (Lipinski definition) is 1. The van der Waals surface area contributed by atoms with Gasteiger partial charge in [-0.3, -0.25) is 0 Å². The van der Waals surface area contributed by atoms with Crippen LogP contribution in [0.25, 0.3) is 0 Å². The van der Waals surface area contributed by atoms with Crippen LogP contribution in [0.1, 0.15) is 59.9 Å². The minimum absolute atomic E-state index is 0.122. The molecule has 0 aromatic heterocycles. The van der Waals surface area contributed by atoms with Gasteiger partial charge in [-0.05, 0) is 41.4 Å². The fourth-order valence-corrected chi connectivity index (χ4v) is 1.91. The summed E-state index contributed by atoms with van der Waals surface area (Å²) in [6, 6.07) is 6.10. The van der Waals surface area contributed by atoms with Gasteiger partial charge in [0.15, 0.2) is 0 Å². The second-order valence-corrected chi connectivity index (χ2v) is 7.52. The molecule has 108 valence electrons. The summed E-state index contributed by atoms with van der Waals surface area (Å²) in [5, 5.41) is 0. The SMILES string of the molecule is CC(C)(C)CCCOc1cc(C(C)(C)C)ccc1N. The third-order valence-corrected chi connectivity index (χ3v) is 3.21. The smallest absolute Gasteiger partial charge is 0.142 e. The molecule has 0 radical (unpaired) electrons. The number of ether oxygens (including phenoxy) is 1. The number of anilines is 1. The summed E-state index contributed by atoms with van der Waals surface area (Å²) in [4.78, 5) is 0. The van der Waals surface area contributed by atoms with Crippen LogP contribution in [-0.2, 0) is 5.41 Å². The first-order valence-corrected chi connectivity index (χ1v) is 7.12. The van der Waals surface area contributed by atoms with E-state index in [-0.39, 0.29) is 5.41 Å². The second kappa shape index (κ2) is 5.85. The molecule has 0 saturated heterocycles. The first-order chi connectivity index (χ1) is 8.59. The van der Waals surface area contributed by atoms with Gasteiger partial charge in [0, 0.05) is 0 Å². The van der Waals surface area contributed by atoms with E-state index < -0.39 is 0 Å². The van der Waals surface area contributed by atoms with Gasteiger partial charge < -0.3 is 10.5 Å². The van der Waals surface area contributed by atoms with Crippen LogP contribution < -0.4 is 10.5 Å². The fourth-order valence-electron chi connectivity index (χ4n) is 1.91. The summed E-state index contributed by atoms with van der Waals surface area (Å²) < 4.78 is 5.84. The summed E-state index contributed by atoms with van der Waals surface area (Å²) in [6.07, 6.45) is 2.22. The third kappa shape index (κ3) is 5.54. The van der Waals surface area contributed by atoms with Crippen LogP contribution in [0.15, 0.2) is 18.2 Å². The molecule has 0 amide bonds. The zero-order chi connectivity index (χ0) is 14.7. The minimum atomic E-state index is 0.122. The Morgan fingerprint density at radius 2 is 1.68 bits per heavy atom. The topological polar surface area (TPSA) is 35.2 Å². The summed E-state index contributed by atoms with van der Waals surface area (Å²) >= 11 is 0. The number of nitrogen functional groups attached to an aromatic ring is 1. The molecule has 0 aliphatic heterocycles. The maximum absolute atomic E-state index is 5.98. The van der Waals surface area contributed by atoms with E-state index in [1.165, 1.54) is 5.56 Å². The van der Waals surface area contributed by atoms with E-state index in [1.807, 2.05) is 6.07 Å². The average molecular weight is 263 g/mol. The standard InChI is InChI=1S/C17H29NO/c1-16(2,3)10-7-11-19-15-12-13(17(4,5)6)8-9-14(15)18/h8-9,12H,7,10-11,18H2,1-6H3. The molecule has 0 aliphatic rings. The van der Waals surface area contributed by atoms with Crippen molar-refractivity contribution in [2.45, 2.75) is 59.8 Å². The molecule has 2 heteroatoms. The van der Waals surface area contributed by atoms with Gasteiger partial charge in [-0.25, -0.2) is 0 Å². The largest absolute Gasteiger partial charge is 0.491 e. The van der Waals surface area contributed by atoms with Crippen LogP contribution in [0.2, 0.25) is 0 Å². The van der Waals surface area contributed by atoms with Crippen molar-refractivity contribution in [2.75, 3.05) is 12.3 Å². The Morgan fingerprint density at radius 3 is 2.21 bits per heavy atom. The molecule has 0 atom stereocenters. The molecule has 0 aliphatic carbocycles. The lowest BCUT2D eigenvalue weighted by Gasteiger charge is -2.21. The summed E-state index contributed by atoms with van der Waals surface area (Å²) in [7, 11) is 0. The lowest BCUT2D eigenvalue weighted by Crippen LogP contribution is -2.12. The Balaban J connectivity index is 2.63. The van der Waals surface area contributed by atoms with E-state index in [1.54, 1.807) is 0 Å². The van der Waals surface area contributed by atoms with Gasteiger partial charge in [0.05, 0.1) is 12.3 Å². The number of benzene rings is 1. The van der Waals surface area contributed by atoms with E-state index in [4.69, 9.17) is 10.5 Å². The Morgan fingerprint density at radius 1 is 1.05 bits per heavy atom. The van der Waals surface area contributed by atoms with Gasteiger partial charge in [-0.15, -0.1) is 0 Å². The van der Waals surface area contributed by atoms with Crippen molar-refractivity contribution in [3.8, 4) is 5.75 Å². The Hall–Kier alpha value is -1.18. The highest BCUT2D eigenvalue weighted by Gasteiger charge is 2.15. The maximum Gasteiger partial charge on any atom is 0.142 e. The molecule has 1 aromatic rings. The van der Waals surface area contributed by atoms with Crippen molar-refractivity contribution in [1.82, 2.24) is 0 Å². The molecule has 0 bridgehead atoms. The van der Waals surface area contributed by atoms with Crippen molar-refractivity contribution in [1.29, 1.82) is 0 Å². The fraction of sp³-hybridized carbons (Fsp3) is 0.647. The molecule has 1 rings (SSSR count). The Kier molecular flexibility index (Phi) is 4.89. The molecule has 0 fully saturated rings. The summed E-state index contributed by atoms with van der Waals surface area (Å²) in [5.41, 5.74) is 8.44. The van der Waals surface area contributed by atoms with Crippen molar-refractivity contribution in [3.63, 3.8) is 0 Å². The van der Waals surface area contributed by atoms with Crippen LogP contribution in [-0.4, -0.2) is 6.61 Å². The quantitative estimate of drug-likeness (QED) is 0.627. The van der Waals surface area contributed by atoms with E-state index in [9.17, 15) is 0 Å². The van der Waals surface area contributed by atoms with Crippen molar-refractivity contribution >= 4 is 5.69 Å². The minimum Gasteiger partial charge on any atom is -0.491 e. The average Bonchev–Trinajstić information content (AvgIpc) is 2.23. The highest BCUT2D eigenvalue weighted by atomic mass is 16.5. The number of hydrogen-bond acceptors (Lipinski definition) is 2. The first-order valence-electron chi connectivity index (χ1n) is 7.12. The molecular formula is C17H29NO. The van der Waals surface area contributed by atoms with E-state index in [0.717, 1.165) is 30.9 Å². The summed E-state index contributed by atoms with van der Waals surface area (Å²) in [6.45, 7) is 14.1. The maximum atomic E-state index is 5.98. The van der Waals surface area contributed by atoms with Crippen LogP contribution in [0.4, 0.5) is 5.69 Å². The molecule has 0 spiro atoms. The molecule has 19 heavy (non-hydrogen) atoms. The molecule has 0 unspecified atom stereocenters.